The van der Waals surface area contributed by atoms with Crippen LogP contribution in [-0.4, -0.2) is 35.2 Å². The van der Waals surface area contributed by atoms with Crippen LogP contribution in [0.25, 0.3) is 0 Å². The first-order chi connectivity index (χ1) is 10.1. The predicted octanol–water partition coefficient (Wildman–Crippen LogP) is 2.14. The first kappa shape index (κ1) is 16.3. The number of benzene rings is 1. The van der Waals surface area contributed by atoms with Gasteiger partial charge >= 0.3 is 0 Å². The topological polar surface area (TPSA) is 67.4 Å². The number of anilines is 1. The fourth-order valence-corrected chi connectivity index (χ4v) is 3.92. The highest BCUT2D eigenvalue weighted by Gasteiger charge is 2.21. The molecule has 0 aromatic heterocycles. The molecule has 0 amide bonds. The van der Waals surface area contributed by atoms with Crippen molar-refractivity contribution in [1.82, 2.24) is 4.72 Å². The third-order valence-corrected chi connectivity index (χ3v) is 5.20. The molecule has 0 spiro atoms. The zero-order valence-electron chi connectivity index (χ0n) is 12.5. The molecule has 1 heterocycles. The largest absolute Gasteiger partial charge is 0.385 e. The van der Waals surface area contributed by atoms with E-state index in [9.17, 15) is 8.42 Å². The summed E-state index contributed by atoms with van der Waals surface area (Å²) in [5, 5.41) is 3.26. The van der Waals surface area contributed by atoms with Crippen LogP contribution >= 0.6 is 0 Å². The predicted molar refractivity (Wildman–Crippen MR) is 84.2 cm³/mol. The van der Waals surface area contributed by atoms with Crippen LogP contribution in [0.4, 0.5) is 5.69 Å². The number of hydrogen-bond acceptors (Lipinski definition) is 4. The number of rotatable bonds is 8. The SMILES string of the molecule is COCCCCCNS(=O)(=O)c1cccc2c1CCCN2. The van der Waals surface area contributed by atoms with Crippen LogP contribution in [0.15, 0.2) is 23.1 Å². The van der Waals surface area contributed by atoms with Gasteiger partial charge in [0.05, 0.1) is 4.90 Å². The van der Waals surface area contributed by atoms with Gasteiger partial charge < -0.3 is 10.1 Å². The van der Waals surface area contributed by atoms with Crippen molar-refractivity contribution in [1.29, 1.82) is 0 Å². The van der Waals surface area contributed by atoms with Gasteiger partial charge in [-0.2, -0.15) is 0 Å². The zero-order valence-corrected chi connectivity index (χ0v) is 13.3. The van der Waals surface area contributed by atoms with E-state index in [-0.39, 0.29) is 0 Å². The van der Waals surface area contributed by atoms with Gasteiger partial charge in [-0.25, -0.2) is 13.1 Å². The molecule has 2 rings (SSSR count). The maximum Gasteiger partial charge on any atom is 0.240 e. The summed E-state index contributed by atoms with van der Waals surface area (Å²) in [6.07, 6.45) is 4.54. The summed E-state index contributed by atoms with van der Waals surface area (Å²) in [5.74, 6) is 0. The van der Waals surface area contributed by atoms with E-state index in [0.717, 1.165) is 56.5 Å². The highest BCUT2D eigenvalue weighted by molar-refractivity contribution is 7.89. The van der Waals surface area contributed by atoms with E-state index in [4.69, 9.17) is 4.74 Å². The van der Waals surface area contributed by atoms with E-state index in [2.05, 4.69) is 10.0 Å². The summed E-state index contributed by atoms with van der Waals surface area (Å²) in [5.41, 5.74) is 1.86. The van der Waals surface area contributed by atoms with Crippen molar-refractivity contribution in [3.8, 4) is 0 Å². The van der Waals surface area contributed by atoms with Gasteiger partial charge in [0.1, 0.15) is 0 Å². The third kappa shape index (κ3) is 4.43. The number of methoxy groups -OCH3 is 1. The first-order valence-corrected chi connectivity index (χ1v) is 8.98. The fraction of sp³-hybridized carbons (Fsp3) is 0.600. The van der Waals surface area contributed by atoms with E-state index in [1.54, 1.807) is 19.2 Å². The highest BCUT2D eigenvalue weighted by atomic mass is 32.2. The summed E-state index contributed by atoms with van der Waals surface area (Å²) in [6.45, 7) is 2.11. The van der Waals surface area contributed by atoms with Gasteiger partial charge in [-0.15, -0.1) is 0 Å². The maximum atomic E-state index is 12.4. The molecule has 0 unspecified atom stereocenters. The van der Waals surface area contributed by atoms with Crippen LogP contribution in [0.5, 0.6) is 0 Å². The molecule has 0 aliphatic carbocycles. The van der Waals surface area contributed by atoms with Gasteiger partial charge in [0, 0.05) is 32.5 Å². The minimum absolute atomic E-state index is 0.420. The van der Waals surface area contributed by atoms with Gasteiger partial charge in [-0.3, -0.25) is 0 Å². The molecule has 1 aromatic carbocycles. The molecular formula is C15H24N2O3S. The zero-order chi connectivity index (χ0) is 15.1. The van der Waals surface area contributed by atoms with Crippen LogP contribution in [0.2, 0.25) is 0 Å². The van der Waals surface area contributed by atoms with E-state index in [1.165, 1.54) is 0 Å². The Hall–Kier alpha value is -1.11. The molecule has 118 valence electrons. The Labute approximate surface area is 127 Å². The number of sulfonamides is 1. The molecule has 5 nitrogen and oxygen atoms in total. The van der Waals surface area contributed by atoms with Gasteiger partial charge in [-0.1, -0.05) is 6.07 Å². The van der Waals surface area contributed by atoms with Gasteiger partial charge in [0.15, 0.2) is 0 Å². The second-order valence-corrected chi connectivity index (χ2v) is 7.00. The minimum Gasteiger partial charge on any atom is -0.385 e. The third-order valence-electron chi connectivity index (χ3n) is 3.66. The average molecular weight is 312 g/mol. The summed E-state index contributed by atoms with van der Waals surface area (Å²) < 4.78 is 32.5. The van der Waals surface area contributed by atoms with Gasteiger partial charge in [-0.05, 0) is 49.8 Å². The Kier molecular flexibility index (Phi) is 6.02. The molecule has 0 radical (unpaired) electrons. The normalized spacial score (nSPS) is 14.5. The maximum absolute atomic E-state index is 12.4. The van der Waals surface area contributed by atoms with Crippen LogP contribution in [0.1, 0.15) is 31.2 Å². The van der Waals surface area contributed by atoms with Gasteiger partial charge in [0.2, 0.25) is 10.0 Å². The lowest BCUT2D eigenvalue weighted by Gasteiger charge is -2.21. The Bertz CT molecular complexity index is 558. The molecule has 0 atom stereocenters. The Balaban J connectivity index is 1.96. The number of fused-ring (bicyclic) bond motifs is 1. The summed E-state index contributed by atoms with van der Waals surface area (Å²) in [4.78, 5) is 0.420. The molecule has 2 N–H and O–H groups in total. The molecule has 0 saturated carbocycles. The lowest BCUT2D eigenvalue weighted by molar-refractivity contribution is 0.192. The quantitative estimate of drug-likeness (QED) is 0.722. The minimum atomic E-state index is -3.42. The smallest absolute Gasteiger partial charge is 0.240 e. The van der Waals surface area contributed by atoms with Crippen molar-refractivity contribution in [2.75, 3.05) is 32.1 Å². The molecule has 0 saturated heterocycles. The fourth-order valence-electron chi connectivity index (χ4n) is 2.56. The van der Waals surface area contributed by atoms with E-state index < -0.39 is 10.0 Å². The number of hydrogen-bond donors (Lipinski definition) is 2. The van der Waals surface area contributed by atoms with Gasteiger partial charge in [0.25, 0.3) is 0 Å². The molecule has 0 fully saturated rings. The molecule has 1 aromatic rings. The summed E-state index contributed by atoms with van der Waals surface area (Å²) >= 11 is 0. The second kappa shape index (κ2) is 7.77. The Morgan fingerprint density at radius 3 is 2.95 bits per heavy atom. The lowest BCUT2D eigenvalue weighted by Crippen LogP contribution is -2.27. The van der Waals surface area contributed by atoms with Crippen molar-refractivity contribution in [2.24, 2.45) is 0 Å². The van der Waals surface area contributed by atoms with Crippen molar-refractivity contribution in [2.45, 2.75) is 37.0 Å². The first-order valence-electron chi connectivity index (χ1n) is 7.49. The standard InChI is InChI=1S/C15H24N2O3S/c1-20-12-4-2-3-11-17-21(18,19)15-9-5-8-14-13(15)7-6-10-16-14/h5,8-9,16-17H,2-4,6-7,10-12H2,1H3. The highest BCUT2D eigenvalue weighted by Crippen LogP contribution is 2.28. The Morgan fingerprint density at radius 2 is 2.14 bits per heavy atom. The summed E-state index contributed by atoms with van der Waals surface area (Å²) in [6, 6.07) is 5.43. The lowest BCUT2D eigenvalue weighted by atomic mass is 10.0. The van der Waals surface area contributed by atoms with Crippen molar-refractivity contribution >= 4 is 15.7 Å². The van der Waals surface area contributed by atoms with Crippen LogP contribution < -0.4 is 10.0 Å². The van der Waals surface area contributed by atoms with Crippen LogP contribution in [0, 0.1) is 0 Å². The molecular weight excluding hydrogens is 288 g/mol. The molecule has 6 heteroatoms. The molecule has 0 bridgehead atoms. The molecule has 21 heavy (non-hydrogen) atoms. The number of nitrogens with one attached hydrogen (secondary N) is 2. The van der Waals surface area contributed by atoms with Crippen molar-refractivity contribution < 1.29 is 13.2 Å². The Morgan fingerprint density at radius 1 is 1.29 bits per heavy atom. The van der Waals surface area contributed by atoms with Crippen LogP contribution in [-0.2, 0) is 21.2 Å². The number of unbranched alkanes of at least 4 members (excludes halogenated alkanes) is 2. The monoisotopic (exact) mass is 312 g/mol. The van der Waals surface area contributed by atoms with Crippen LogP contribution in [0.3, 0.4) is 0 Å². The summed E-state index contributed by atoms with van der Waals surface area (Å²) in [7, 11) is -1.74. The van der Waals surface area contributed by atoms with Crippen molar-refractivity contribution in [3.05, 3.63) is 23.8 Å². The second-order valence-electron chi connectivity index (χ2n) is 5.26. The molecule has 1 aliphatic rings. The van der Waals surface area contributed by atoms with E-state index >= 15 is 0 Å². The van der Waals surface area contributed by atoms with E-state index in [1.807, 2.05) is 6.07 Å². The van der Waals surface area contributed by atoms with E-state index in [0.29, 0.717) is 11.4 Å². The van der Waals surface area contributed by atoms with Crippen molar-refractivity contribution in [3.63, 3.8) is 0 Å². The molecule has 1 aliphatic heterocycles. The number of ether oxygens (including phenoxy) is 1. The average Bonchev–Trinajstić information content (AvgIpc) is 2.50.